The largest absolute Gasteiger partial charge is 0.484 e. The van der Waals surface area contributed by atoms with Crippen LogP contribution in [0.3, 0.4) is 0 Å². The van der Waals surface area contributed by atoms with Gasteiger partial charge in [0.2, 0.25) is 15.9 Å². The molecule has 3 atom stereocenters. The lowest BCUT2D eigenvalue weighted by Crippen LogP contribution is -2.20. The molecule has 1 fully saturated rings. The lowest BCUT2D eigenvalue weighted by Gasteiger charge is -2.32. The summed E-state index contributed by atoms with van der Waals surface area (Å²) in [5.41, 5.74) is 5.85. The van der Waals surface area contributed by atoms with Crippen molar-refractivity contribution in [2.45, 2.75) is 96.1 Å². The van der Waals surface area contributed by atoms with Crippen molar-refractivity contribution in [3.63, 3.8) is 0 Å². The minimum absolute atomic E-state index is 0.0555. The minimum Gasteiger partial charge on any atom is -0.484 e. The first-order valence-electron chi connectivity index (χ1n) is 17.0. The number of anilines is 2. The molecule has 2 N–H and O–H groups in total. The molecule has 0 radical (unpaired) electrons. The number of hydrogen-bond donors (Lipinski definition) is 2. The Morgan fingerprint density at radius 3 is 2.48 bits per heavy atom. The standard InChI is InChI=1S/C37H48N6O4S/c1-24-30(21-26(37(2,3)4)22-31(24)41-48(6,45)46)38-35(44)15-9-11-25-16-18-33(29-13-8-7-12-28(25)29)47-27-17-19-34-39-40-36(43(34)23-27)32-14-10-20-42(32)5/h7-8,12-13,17,19,21-23,25,32-33,41H,9-11,14-16,18,20H2,1-6H3,(H,38,44)/t25-,32-,33+/m0/s1. The summed E-state index contributed by atoms with van der Waals surface area (Å²) in [4.78, 5) is 15.5. The van der Waals surface area contributed by atoms with E-state index in [1.54, 1.807) is 0 Å². The van der Waals surface area contributed by atoms with Crippen LogP contribution in [-0.4, -0.2) is 53.7 Å². The van der Waals surface area contributed by atoms with E-state index < -0.39 is 10.0 Å². The fourth-order valence-corrected chi connectivity index (χ4v) is 7.76. The second-order valence-electron chi connectivity index (χ2n) is 14.6. The monoisotopic (exact) mass is 672 g/mol. The Morgan fingerprint density at radius 2 is 1.77 bits per heavy atom. The molecular weight excluding hydrogens is 625 g/mol. The average Bonchev–Trinajstić information content (AvgIpc) is 3.64. The predicted octanol–water partition coefficient (Wildman–Crippen LogP) is 7.28. The maximum absolute atomic E-state index is 13.2. The van der Waals surface area contributed by atoms with Gasteiger partial charge in [-0.2, -0.15) is 0 Å². The van der Waals surface area contributed by atoms with Crippen molar-refractivity contribution in [1.29, 1.82) is 0 Å². The van der Waals surface area contributed by atoms with Gasteiger partial charge >= 0.3 is 0 Å². The molecule has 48 heavy (non-hydrogen) atoms. The van der Waals surface area contributed by atoms with Crippen LogP contribution in [0.2, 0.25) is 0 Å². The van der Waals surface area contributed by atoms with Gasteiger partial charge in [-0.15, -0.1) is 10.2 Å². The molecular formula is C37H48N6O4S. The molecule has 2 aliphatic rings. The van der Waals surface area contributed by atoms with E-state index in [4.69, 9.17) is 4.74 Å². The van der Waals surface area contributed by atoms with Crippen LogP contribution in [0.1, 0.15) is 112 Å². The van der Waals surface area contributed by atoms with E-state index in [0.29, 0.717) is 29.3 Å². The molecule has 6 rings (SSSR count). The van der Waals surface area contributed by atoms with Gasteiger partial charge in [0, 0.05) is 12.1 Å². The van der Waals surface area contributed by atoms with Gasteiger partial charge in [0.15, 0.2) is 11.5 Å². The Bertz CT molecular complexity index is 1910. The van der Waals surface area contributed by atoms with Gasteiger partial charge < -0.3 is 10.1 Å². The topological polar surface area (TPSA) is 118 Å². The number of fused-ring (bicyclic) bond motifs is 2. The first-order chi connectivity index (χ1) is 22.8. The van der Waals surface area contributed by atoms with Crippen LogP contribution in [0, 0.1) is 6.92 Å². The van der Waals surface area contributed by atoms with E-state index in [2.05, 4.69) is 81.6 Å². The van der Waals surface area contributed by atoms with Crippen molar-refractivity contribution < 1.29 is 17.9 Å². The summed E-state index contributed by atoms with van der Waals surface area (Å²) in [7, 11) is -1.33. The lowest BCUT2D eigenvalue weighted by molar-refractivity contribution is -0.116. The summed E-state index contributed by atoms with van der Waals surface area (Å²) in [6.07, 6.45) is 9.23. The van der Waals surface area contributed by atoms with Crippen LogP contribution in [0.5, 0.6) is 5.75 Å². The zero-order valence-corrected chi connectivity index (χ0v) is 29.7. The van der Waals surface area contributed by atoms with Gasteiger partial charge in [0.05, 0.1) is 24.2 Å². The normalized spacial score (nSPS) is 20.1. The van der Waals surface area contributed by atoms with Crippen molar-refractivity contribution in [2.24, 2.45) is 0 Å². The zero-order valence-electron chi connectivity index (χ0n) is 28.9. The zero-order chi connectivity index (χ0) is 34.2. The highest BCUT2D eigenvalue weighted by atomic mass is 32.2. The highest BCUT2D eigenvalue weighted by Crippen LogP contribution is 2.42. The molecule has 1 aliphatic carbocycles. The second-order valence-corrected chi connectivity index (χ2v) is 16.3. The van der Waals surface area contributed by atoms with Crippen LogP contribution in [-0.2, 0) is 20.2 Å². The lowest BCUT2D eigenvalue weighted by atomic mass is 9.79. The van der Waals surface area contributed by atoms with E-state index in [-0.39, 0.29) is 23.5 Å². The van der Waals surface area contributed by atoms with Crippen LogP contribution >= 0.6 is 0 Å². The number of nitrogens with zero attached hydrogens (tertiary/aromatic N) is 4. The van der Waals surface area contributed by atoms with Gasteiger partial charge in [-0.1, -0.05) is 45.0 Å². The number of rotatable bonds is 10. The summed E-state index contributed by atoms with van der Waals surface area (Å²) in [5.74, 6) is 2.04. The molecule has 0 saturated carbocycles. The number of amides is 1. The number of hydrogen-bond acceptors (Lipinski definition) is 7. The third-order valence-electron chi connectivity index (χ3n) is 9.86. The number of nitrogens with one attached hydrogen (secondary N) is 2. The summed E-state index contributed by atoms with van der Waals surface area (Å²) < 4.78 is 35.4. The summed E-state index contributed by atoms with van der Waals surface area (Å²) in [6, 6.07) is 16.6. The number of ether oxygens (including phenoxy) is 1. The number of sulfonamides is 1. The van der Waals surface area contributed by atoms with Crippen molar-refractivity contribution >= 4 is 33.0 Å². The van der Waals surface area contributed by atoms with E-state index in [1.165, 1.54) is 11.1 Å². The Hall–Kier alpha value is -3.96. The van der Waals surface area contributed by atoms with Gasteiger partial charge in [0.25, 0.3) is 0 Å². The first-order valence-corrected chi connectivity index (χ1v) is 18.9. The third kappa shape index (κ3) is 7.52. The Balaban J connectivity index is 1.11. The summed E-state index contributed by atoms with van der Waals surface area (Å²) in [6.45, 7) is 9.08. The van der Waals surface area contributed by atoms with Gasteiger partial charge in [-0.05, 0) is 117 Å². The van der Waals surface area contributed by atoms with E-state index in [0.717, 1.165) is 74.1 Å². The number of pyridine rings is 1. The van der Waals surface area contributed by atoms with Crippen molar-refractivity contribution in [2.75, 3.05) is 29.9 Å². The molecule has 2 aromatic heterocycles. The fourth-order valence-electron chi connectivity index (χ4n) is 7.15. The second kappa shape index (κ2) is 13.5. The van der Waals surface area contributed by atoms with Crippen molar-refractivity contribution in [3.05, 3.63) is 82.8 Å². The van der Waals surface area contributed by atoms with Gasteiger partial charge in [-0.3, -0.25) is 18.8 Å². The molecule has 256 valence electrons. The Kier molecular flexibility index (Phi) is 9.55. The average molecular weight is 673 g/mol. The summed E-state index contributed by atoms with van der Waals surface area (Å²) >= 11 is 0. The maximum atomic E-state index is 13.2. The molecule has 1 aliphatic heterocycles. The number of carbonyl (C=O) groups is 1. The van der Waals surface area contributed by atoms with E-state index in [1.807, 2.05) is 37.4 Å². The van der Waals surface area contributed by atoms with Gasteiger partial charge in [-0.25, -0.2) is 8.42 Å². The molecule has 2 aromatic carbocycles. The number of carbonyl (C=O) groups excluding carboxylic acids is 1. The van der Waals surface area contributed by atoms with Crippen molar-refractivity contribution in [3.8, 4) is 5.75 Å². The predicted molar refractivity (Wildman–Crippen MR) is 190 cm³/mol. The van der Waals surface area contributed by atoms with E-state index >= 15 is 0 Å². The smallest absolute Gasteiger partial charge is 0.229 e. The quantitative estimate of drug-likeness (QED) is 0.182. The molecule has 0 unspecified atom stereocenters. The number of likely N-dealkylation sites (tertiary alicyclic amines) is 1. The van der Waals surface area contributed by atoms with Gasteiger partial charge in [0.1, 0.15) is 11.9 Å². The van der Waals surface area contributed by atoms with Crippen LogP contribution < -0.4 is 14.8 Å². The first kappa shape index (κ1) is 33.9. The molecule has 0 bridgehead atoms. The molecule has 1 saturated heterocycles. The minimum atomic E-state index is -3.47. The number of aromatic nitrogens is 3. The fraction of sp³-hybridized carbons (Fsp3) is 0.486. The van der Waals surface area contributed by atoms with Crippen molar-refractivity contribution in [1.82, 2.24) is 19.5 Å². The van der Waals surface area contributed by atoms with Crippen LogP contribution in [0.25, 0.3) is 5.65 Å². The molecule has 1 amide bonds. The third-order valence-corrected chi connectivity index (χ3v) is 10.4. The Morgan fingerprint density at radius 1 is 1.02 bits per heavy atom. The molecule has 0 spiro atoms. The molecule has 10 nitrogen and oxygen atoms in total. The molecule has 11 heteroatoms. The number of benzene rings is 2. The van der Waals surface area contributed by atoms with Crippen LogP contribution in [0.15, 0.2) is 54.7 Å². The molecule has 3 heterocycles. The highest BCUT2D eigenvalue weighted by molar-refractivity contribution is 7.92. The Labute approximate surface area is 284 Å². The maximum Gasteiger partial charge on any atom is 0.229 e. The molecule has 4 aromatic rings. The van der Waals surface area contributed by atoms with E-state index in [9.17, 15) is 13.2 Å². The highest BCUT2D eigenvalue weighted by Gasteiger charge is 2.30. The SMILES string of the molecule is Cc1c(NC(=O)CCC[C@H]2CC[C@@H](Oc3ccc4nnc([C@@H]5CCCN5C)n4c3)c3ccccc32)cc(C(C)(C)C)cc1NS(C)(=O)=O. The van der Waals surface area contributed by atoms with Crippen LogP contribution in [0.4, 0.5) is 11.4 Å². The summed E-state index contributed by atoms with van der Waals surface area (Å²) in [5, 5.41) is 12.0.